The van der Waals surface area contributed by atoms with Gasteiger partial charge in [0.2, 0.25) is 0 Å². The van der Waals surface area contributed by atoms with Crippen molar-refractivity contribution in [2.45, 2.75) is 19.3 Å². The number of hydrogen-bond acceptors (Lipinski definition) is 4. The highest BCUT2D eigenvalue weighted by Gasteiger charge is 2.27. The molecule has 0 aliphatic heterocycles. The van der Waals surface area contributed by atoms with Crippen molar-refractivity contribution in [3.8, 4) is 34.3 Å². The molecule has 5 heteroatoms. The van der Waals surface area contributed by atoms with Gasteiger partial charge in [-0.05, 0) is 55.8 Å². The average molecular weight is 339 g/mol. The van der Waals surface area contributed by atoms with E-state index in [4.69, 9.17) is 16.0 Å². The summed E-state index contributed by atoms with van der Waals surface area (Å²) >= 11 is 5.89. The van der Waals surface area contributed by atoms with Gasteiger partial charge in [0.15, 0.2) is 0 Å². The van der Waals surface area contributed by atoms with Crippen LogP contribution in [0.1, 0.15) is 19.6 Å². The molecule has 0 radical (unpaired) electrons. The molecule has 0 saturated carbocycles. The summed E-state index contributed by atoms with van der Waals surface area (Å²) in [7, 11) is 0. The second-order valence-corrected chi connectivity index (χ2v) is 6.40. The van der Waals surface area contributed by atoms with E-state index in [-0.39, 0.29) is 10.8 Å². The Morgan fingerprint density at radius 2 is 1.83 bits per heavy atom. The topological polar surface area (TPSA) is 70.0 Å². The Hall–Kier alpha value is -2.77. The number of aromatic nitrogens is 1. The van der Waals surface area contributed by atoms with Crippen LogP contribution in [0.4, 0.5) is 0 Å². The number of benzene rings is 1. The van der Waals surface area contributed by atoms with Crippen molar-refractivity contribution in [2.75, 3.05) is 0 Å². The summed E-state index contributed by atoms with van der Waals surface area (Å²) in [6.07, 6.45) is 3.39. The number of rotatable bonds is 3. The molecular weight excluding hydrogens is 324 g/mol. The molecule has 0 fully saturated rings. The van der Waals surface area contributed by atoms with Crippen LogP contribution < -0.4 is 0 Å². The van der Waals surface area contributed by atoms with Gasteiger partial charge in [-0.3, -0.25) is 4.98 Å². The van der Waals surface area contributed by atoms with Crippen LogP contribution in [0.2, 0.25) is 5.02 Å². The summed E-state index contributed by atoms with van der Waals surface area (Å²) in [5.41, 5.74) is 1.66. The van der Waals surface area contributed by atoms with Crippen LogP contribution in [0.5, 0.6) is 5.75 Å². The van der Waals surface area contributed by atoms with E-state index in [0.717, 1.165) is 11.1 Å². The zero-order valence-electron chi connectivity index (χ0n) is 13.2. The summed E-state index contributed by atoms with van der Waals surface area (Å²) in [5, 5.41) is 19.6. The number of aromatic hydroxyl groups is 1. The molecule has 0 spiro atoms. The van der Waals surface area contributed by atoms with Crippen molar-refractivity contribution in [2.24, 2.45) is 0 Å². The highest BCUT2D eigenvalue weighted by atomic mass is 35.5. The predicted molar refractivity (Wildman–Crippen MR) is 92.7 cm³/mol. The molecule has 0 unspecified atom stereocenters. The van der Waals surface area contributed by atoms with E-state index in [9.17, 15) is 10.4 Å². The molecule has 0 amide bonds. The first-order chi connectivity index (χ1) is 11.4. The third-order valence-electron chi connectivity index (χ3n) is 3.83. The molecule has 0 bridgehead atoms. The van der Waals surface area contributed by atoms with E-state index < -0.39 is 5.41 Å². The second-order valence-electron chi connectivity index (χ2n) is 5.99. The van der Waals surface area contributed by atoms with Gasteiger partial charge in [0.1, 0.15) is 22.7 Å². The zero-order valence-corrected chi connectivity index (χ0v) is 14.0. The highest BCUT2D eigenvalue weighted by Crippen LogP contribution is 2.40. The number of furan rings is 1. The van der Waals surface area contributed by atoms with Gasteiger partial charge in [0.25, 0.3) is 0 Å². The van der Waals surface area contributed by atoms with Gasteiger partial charge in [0.05, 0.1) is 11.1 Å². The number of hydrogen-bond donors (Lipinski definition) is 1. The first kappa shape index (κ1) is 16.1. The summed E-state index contributed by atoms with van der Waals surface area (Å²) < 4.78 is 6.01. The minimum atomic E-state index is -0.769. The smallest absolute Gasteiger partial charge is 0.142 e. The number of nitrogens with zero attached hydrogens (tertiary/aromatic N) is 2. The third kappa shape index (κ3) is 2.86. The van der Waals surface area contributed by atoms with Crippen molar-refractivity contribution in [1.82, 2.24) is 4.98 Å². The minimum Gasteiger partial charge on any atom is -0.506 e. The van der Waals surface area contributed by atoms with Crippen molar-refractivity contribution >= 4 is 11.6 Å². The molecule has 3 rings (SSSR count). The number of halogens is 1. The number of phenols is 1. The second kappa shape index (κ2) is 6.03. The van der Waals surface area contributed by atoms with E-state index in [0.29, 0.717) is 17.1 Å². The van der Waals surface area contributed by atoms with E-state index >= 15 is 0 Å². The maximum Gasteiger partial charge on any atom is 0.142 e. The maximum absolute atomic E-state index is 9.90. The van der Waals surface area contributed by atoms with Gasteiger partial charge in [-0.25, -0.2) is 0 Å². The molecule has 2 heterocycles. The zero-order chi connectivity index (χ0) is 17.3. The van der Waals surface area contributed by atoms with Crippen molar-refractivity contribution in [1.29, 1.82) is 5.26 Å². The normalized spacial score (nSPS) is 11.2. The Morgan fingerprint density at radius 3 is 2.46 bits per heavy atom. The Morgan fingerprint density at radius 1 is 1.12 bits per heavy atom. The van der Waals surface area contributed by atoms with Gasteiger partial charge in [-0.2, -0.15) is 5.26 Å². The third-order valence-corrected chi connectivity index (χ3v) is 4.15. The Bertz CT molecular complexity index is 924. The molecule has 24 heavy (non-hydrogen) atoms. The van der Waals surface area contributed by atoms with Gasteiger partial charge in [-0.1, -0.05) is 11.6 Å². The standard InChI is InChI=1S/C19H15ClN2O2/c1-19(2,11-21)17-10-14(12-5-7-22-8-6-12)18(24-17)13-3-4-15(20)16(23)9-13/h3-10,23H,1-2H3. The molecule has 0 aliphatic rings. The van der Waals surface area contributed by atoms with Crippen molar-refractivity contribution in [3.63, 3.8) is 0 Å². The molecule has 1 N–H and O–H groups in total. The predicted octanol–water partition coefficient (Wildman–Crippen LogP) is 5.17. The molecule has 0 aliphatic carbocycles. The van der Waals surface area contributed by atoms with Gasteiger partial charge in [-0.15, -0.1) is 0 Å². The largest absolute Gasteiger partial charge is 0.506 e. The van der Waals surface area contributed by atoms with Crippen LogP contribution in [0.3, 0.4) is 0 Å². The lowest BCUT2D eigenvalue weighted by atomic mass is 9.91. The lowest BCUT2D eigenvalue weighted by molar-refractivity contribution is 0.452. The molecular formula is C19H15ClN2O2. The minimum absolute atomic E-state index is 0.0210. The molecule has 0 saturated heterocycles. The molecule has 3 aromatic rings. The fraction of sp³-hybridized carbons (Fsp3) is 0.158. The molecule has 120 valence electrons. The van der Waals surface area contributed by atoms with Gasteiger partial charge in [0, 0.05) is 23.5 Å². The van der Waals surface area contributed by atoms with Gasteiger partial charge < -0.3 is 9.52 Å². The number of pyridine rings is 1. The molecule has 2 aromatic heterocycles. The van der Waals surface area contributed by atoms with Crippen LogP contribution in [-0.2, 0) is 5.41 Å². The number of nitriles is 1. The highest BCUT2D eigenvalue weighted by molar-refractivity contribution is 6.32. The number of phenolic OH excluding ortho intramolecular Hbond substituents is 1. The van der Waals surface area contributed by atoms with Crippen molar-refractivity contribution in [3.05, 3.63) is 59.6 Å². The van der Waals surface area contributed by atoms with Crippen LogP contribution in [0.15, 0.2) is 53.2 Å². The van der Waals surface area contributed by atoms with Crippen LogP contribution >= 0.6 is 11.6 Å². The van der Waals surface area contributed by atoms with Crippen LogP contribution in [0.25, 0.3) is 22.5 Å². The SMILES string of the molecule is CC(C)(C#N)c1cc(-c2ccncc2)c(-c2ccc(Cl)c(O)c2)o1. The Labute approximate surface area is 145 Å². The maximum atomic E-state index is 9.90. The average Bonchev–Trinajstić information content (AvgIpc) is 3.04. The summed E-state index contributed by atoms with van der Waals surface area (Å²) in [5.74, 6) is 1.11. The lowest BCUT2D eigenvalue weighted by Crippen LogP contribution is -2.12. The first-order valence-electron chi connectivity index (χ1n) is 7.37. The van der Waals surface area contributed by atoms with Gasteiger partial charge >= 0.3 is 0 Å². The Kier molecular flexibility index (Phi) is 4.04. The fourth-order valence-corrected chi connectivity index (χ4v) is 2.49. The first-order valence-corrected chi connectivity index (χ1v) is 7.75. The quantitative estimate of drug-likeness (QED) is 0.715. The van der Waals surface area contributed by atoms with E-state index in [1.807, 2.05) is 18.2 Å². The van der Waals surface area contributed by atoms with Crippen molar-refractivity contribution < 1.29 is 9.52 Å². The van der Waals surface area contributed by atoms with Crippen LogP contribution in [-0.4, -0.2) is 10.1 Å². The fourth-order valence-electron chi connectivity index (χ4n) is 2.37. The molecule has 0 atom stereocenters. The summed E-state index contributed by atoms with van der Waals surface area (Å²) in [4.78, 5) is 4.03. The van der Waals surface area contributed by atoms with E-state index in [2.05, 4.69) is 11.1 Å². The monoisotopic (exact) mass is 338 g/mol. The summed E-state index contributed by atoms with van der Waals surface area (Å²) in [6.45, 7) is 3.59. The van der Waals surface area contributed by atoms with Crippen LogP contribution in [0, 0.1) is 11.3 Å². The Balaban J connectivity index is 2.24. The van der Waals surface area contributed by atoms with E-state index in [1.54, 1.807) is 44.4 Å². The lowest BCUT2D eigenvalue weighted by Gasteiger charge is -2.10. The van der Waals surface area contributed by atoms with E-state index in [1.165, 1.54) is 0 Å². The molecule has 1 aromatic carbocycles. The molecule has 4 nitrogen and oxygen atoms in total. The summed E-state index contributed by atoms with van der Waals surface area (Å²) in [6, 6.07) is 12.8.